The van der Waals surface area contributed by atoms with Crippen molar-refractivity contribution in [2.75, 3.05) is 46.8 Å². The predicted molar refractivity (Wildman–Crippen MR) is 58.9 cm³/mol. The highest BCUT2D eigenvalue weighted by Gasteiger charge is 2.17. The Kier molecular flexibility index (Phi) is 2.77. The summed E-state index contributed by atoms with van der Waals surface area (Å²) in [7, 11) is 4.32. The third-order valence-electron chi connectivity index (χ3n) is 2.95. The average Bonchev–Trinajstić information content (AvgIpc) is 2.19. The summed E-state index contributed by atoms with van der Waals surface area (Å²) in [4.78, 5) is 7.12. The molecule has 0 atom stereocenters. The van der Waals surface area contributed by atoms with Crippen LogP contribution in [0.2, 0.25) is 0 Å². The lowest BCUT2D eigenvalue weighted by Gasteiger charge is -2.37. The van der Waals surface area contributed by atoms with Crippen LogP contribution in [0.3, 0.4) is 0 Å². The first-order chi connectivity index (χ1) is 6.75. The lowest BCUT2D eigenvalue weighted by molar-refractivity contribution is 0.177. The molecular weight excluding hydrogens is 174 g/mol. The van der Waals surface area contributed by atoms with E-state index in [4.69, 9.17) is 0 Å². The Bertz CT molecular complexity index is 249. The molecule has 0 amide bonds. The molecule has 3 nitrogen and oxygen atoms in total. The fraction of sp³-hybridized carbons (Fsp3) is 0.636. The number of hydrogen-bond acceptors (Lipinski definition) is 3. The van der Waals surface area contributed by atoms with Gasteiger partial charge in [-0.3, -0.25) is 0 Å². The third-order valence-corrected chi connectivity index (χ3v) is 2.95. The molecule has 0 unspecified atom stereocenters. The molecule has 0 aromatic carbocycles. The van der Waals surface area contributed by atoms with E-state index in [1.165, 1.54) is 31.9 Å². The number of rotatable bonds is 1. The van der Waals surface area contributed by atoms with Crippen LogP contribution < -0.4 is 0 Å². The summed E-state index contributed by atoms with van der Waals surface area (Å²) in [5.74, 6) is 0. The molecular formula is C11H19N3. The van der Waals surface area contributed by atoms with Crippen molar-refractivity contribution in [1.82, 2.24) is 14.7 Å². The molecule has 0 aromatic rings. The SMILES string of the molecule is CN1C=CC=C(N2CCN(C)CC2)C1. The van der Waals surface area contributed by atoms with Gasteiger partial charge in [0.05, 0.1) is 6.54 Å². The lowest BCUT2D eigenvalue weighted by Crippen LogP contribution is -2.45. The molecule has 3 heteroatoms. The molecule has 1 saturated heterocycles. The van der Waals surface area contributed by atoms with Gasteiger partial charge in [0.15, 0.2) is 0 Å². The van der Waals surface area contributed by atoms with Crippen LogP contribution in [0.4, 0.5) is 0 Å². The molecule has 0 radical (unpaired) electrons. The second-order valence-corrected chi connectivity index (χ2v) is 4.20. The molecule has 2 rings (SSSR count). The smallest absolute Gasteiger partial charge is 0.0569 e. The molecule has 0 bridgehead atoms. The van der Waals surface area contributed by atoms with Gasteiger partial charge in [-0.2, -0.15) is 0 Å². The minimum absolute atomic E-state index is 1.06. The third kappa shape index (κ3) is 2.10. The molecule has 2 aliphatic heterocycles. The molecule has 0 saturated carbocycles. The van der Waals surface area contributed by atoms with E-state index >= 15 is 0 Å². The Labute approximate surface area is 86.3 Å². The van der Waals surface area contributed by atoms with Crippen molar-refractivity contribution < 1.29 is 0 Å². The number of nitrogens with zero attached hydrogens (tertiary/aromatic N) is 3. The van der Waals surface area contributed by atoms with Crippen molar-refractivity contribution in [3.05, 3.63) is 24.0 Å². The van der Waals surface area contributed by atoms with Gasteiger partial charge in [-0.1, -0.05) is 0 Å². The van der Waals surface area contributed by atoms with Crippen LogP contribution in [0.1, 0.15) is 0 Å². The van der Waals surface area contributed by atoms with Gasteiger partial charge in [-0.25, -0.2) is 0 Å². The summed E-state index contributed by atoms with van der Waals surface area (Å²) in [6.07, 6.45) is 6.50. The Morgan fingerprint density at radius 3 is 2.43 bits per heavy atom. The maximum absolute atomic E-state index is 2.50. The summed E-state index contributed by atoms with van der Waals surface area (Å²) < 4.78 is 0. The van der Waals surface area contributed by atoms with Crippen LogP contribution in [-0.2, 0) is 0 Å². The standard InChI is InChI=1S/C11H19N3/c1-12-6-8-14(9-7-12)11-4-3-5-13(2)10-11/h3-5H,6-10H2,1-2H3. The predicted octanol–water partition coefficient (Wildman–Crippen LogP) is 0.577. The Hall–Kier alpha value is -0.960. The maximum atomic E-state index is 2.50. The zero-order valence-corrected chi connectivity index (χ0v) is 9.11. The van der Waals surface area contributed by atoms with Crippen molar-refractivity contribution in [3.8, 4) is 0 Å². The van der Waals surface area contributed by atoms with Gasteiger partial charge in [0.1, 0.15) is 0 Å². The molecule has 0 N–H and O–H groups in total. The van der Waals surface area contributed by atoms with Gasteiger partial charge in [0.25, 0.3) is 0 Å². The Morgan fingerprint density at radius 1 is 1.07 bits per heavy atom. The Balaban J connectivity index is 1.95. The highest BCUT2D eigenvalue weighted by atomic mass is 15.3. The zero-order valence-electron chi connectivity index (χ0n) is 9.11. The molecule has 1 fully saturated rings. The van der Waals surface area contributed by atoms with Crippen molar-refractivity contribution in [2.24, 2.45) is 0 Å². The van der Waals surface area contributed by atoms with Crippen molar-refractivity contribution >= 4 is 0 Å². The number of likely N-dealkylation sites (N-methyl/N-ethyl adjacent to an activating group) is 2. The van der Waals surface area contributed by atoms with Crippen molar-refractivity contribution in [1.29, 1.82) is 0 Å². The number of piperazine rings is 1. The molecule has 14 heavy (non-hydrogen) atoms. The molecule has 2 aliphatic rings. The van der Waals surface area contributed by atoms with E-state index in [2.05, 4.69) is 47.1 Å². The minimum Gasteiger partial charge on any atom is -0.375 e. The molecule has 0 aliphatic carbocycles. The second-order valence-electron chi connectivity index (χ2n) is 4.20. The van der Waals surface area contributed by atoms with Gasteiger partial charge < -0.3 is 14.7 Å². The number of allylic oxidation sites excluding steroid dienone is 2. The minimum atomic E-state index is 1.06. The molecule has 78 valence electrons. The highest BCUT2D eigenvalue weighted by molar-refractivity contribution is 5.18. The summed E-state index contributed by atoms with van der Waals surface area (Å²) in [5, 5.41) is 0. The van der Waals surface area contributed by atoms with E-state index in [0.717, 1.165) is 6.54 Å². The number of hydrogen-bond donors (Lipinski definition) is 0. The highest BCUT2D eigenvalue weighted by Crippen LogP contribution is 2.13. The summed E-state index contributed by atoms with van der Waals surface area (Å²) in [5.41, 5.74) is 1.46. The fourth-order valence-electron chi connectivity index (χ4n) is 1.96. The molecule has 2 heterocycles. The monoisotopic (exact) mass is 193 g/mol. The van der Waals surface area contributed by atoms with Crippen LogP contribution in [-0.4, -0.2) is 61.5 Å². The summed E-state index contributed by atoms with van der Waals surface area (Å²) in [6.45, 7) is 5.77. The van der Waals surface area contributed by atoms with E-state index in [0.29, 0.717) is 0 Å². The quantitative estimate of drug-likeness (QED) is 0.603. The van der Waals surface area contributed by atoms with Gasteiger partial charge in [-0.15, -0.1) is 0 Å². The topological polar surface area (TPSA) is 9.72 Å². The van der Waals surface area contributed by atoms with Gasteiger partial charge in [0.2, 0.25) is 0 Å². The Morgan fingerprint density at radius 2 is 1.79 bits per heavy atom. The first-order valence-corrected chi connectivity index (χ1v) is 5.27. The zero-order chi connectivity index (χ0) is 9.97. The molecule has 0 spiro atoms. The van der Waals surface area contributed by atoms with E-state index in [1.807, 2.05) is 0 Å². The summed E-state index contributed by atoms with van der Waals surface area (Å²) >= 11 is 0. The van der Waals surface area contributed by atoms with Crippen molar-refractivity contribution in [2.45, 2.75) is 0 Å². The normalized spacial score (nSPS) is 24.0. The van der Waals surface area contributed by atoms with Crippen LogP contribution in [0, 0.1) is 0 Å². The van der Waals surface area contributed by atoms with Crippen LogP contribution >= 0.6 is 0 Å². The maximum Gasteiger partial charge on any atom is 0.0569 e. The van der Waals surface area contributed by atoms with E-state index in [-0.39, 0.29) is 0 Å². The molecule has 0 aromatic heterocycles. The average molecular weight is 193 g/mol. The van der Waals surface area contributed by atoms with Crippen LogP contribution in [0.15, 0.2) is 24.0 Å². The van der Waals surface area contributed by atoms with E-state index in [1.54, 1.807) is 0 Å². The van der Waals surface area contributed by atoms with Crippen LogP contribution in [0.5, 0.6) is 0 Å². The first-order valence-electron chi connectivity index (χ1n) is 5.27. The van der Waals surface area contributed by atoms with Crippen molar-refractivity contribution in [3.63, 3.8) is 0 Å². The fourth-order valence-corrected chi connectivity index (χ4v) is 1.96. The lowest BCUT2D eigenvalue weighted by atomic mass is 10.2. The largest absolute Gasteiger partial charge is 0.375 e. The van der Waals surface area contributed by atoms with Crippen LogP contribution in [0.25, 0.3) is 0 Å². The first kappa shape index (κ1) is 9.59. The van der Waals surface area contributed by atoms with Gasteiger partial charge in [0, 0.05) is 38.9 Å². The second kappa shape index (κ2) is 4.05. The van der Waals surface area contributed by atoms with E-state index in [9.17, 15) is 0 Å². The summed E-state index contributed by atoms with van der Waals surface area (Å²) in [6, 6.07) is 0. The van der Waals surface area contributed by atoms with Gasteiger partial charge >= 0.3 is 0 Å². The van der Waals surface area contributed by atoms with E-state index < -0.39 is 0 Å². The van der Waals surface area contributed by atoms with Gasteiger partial charge in [-0.05, 0) is 25.4 Å².